The third-order valence-electron chi connectivity index (χ3n) is 2.75. The van der Waals surface area contributed by atoms with Crippen LogP contribution in [0.25, 0.3) is 0 Å². The average molecular weight is 339 g/mol. The second-order valence-corrected chi connectivity index (χ2v) is 5.84. The number of para-hydroxylation sites is 1. The summed E-state index contributed by atoms with van der Waals surface area (Å²) in [5.41, 5.74) is 4.72. The molecule has 0 aliphatic heterocycles. The van der Waals surface area contributed by atoms with Gasteiger partial charge in [-0.25, -0.2) is 0 Å². The van der Waals surface area contributed by atoms with Gasteiger partial charge in [0.2, 0.25) is 0 Å². The molecule has 7 heteroatoms. The molecule has 2 aromatic carbocycles. The molecule has 0 aliphatic rings. The summed E-state index contributed by atoms with van der Waals surface area (Å²) in [6, 6.07) is 16.4. The van der Waals surface area contributed by atoms with Crippen LogP contribution in [0.2, 0.25) is 0 Å². The van der Waals surface area contributed by atoms with Crippen molar-refractivity contribution in [2.24, 2.45) is 0 Å². The number of hydrogen-bond acceptors (Lipinski definition) is 3. The van der Waals surface area contributed by atoms with E-state index in [0.717, 1.165) is 11.4 Å². The fourth-order valence-corrected chi connectivity index (χ4v) is 2.50. The highest BCUT2D eigenvalue weighted by atomic mass is 32.2. The van der Waals surface area contributed by atoms with Gasteiger partial charge in [0, 0.05) is 17.6 Å². The highest BCUT2D eigenvalue weighted by Gasteiger charge is 2.06. The summed E-state index contributed by atoms with van der Waals surface area (Å²) < 4.78 is 24.5. The van der Waals surface area contributed by atoms with Gasteiger partial charge in [-0.05, 0) is 48.6 Å². The van der Waals surface area contributed by atoms with Crippen LogP contribution >= 0.6 is 24.0 Å². The number of benzene rings is 2. The van der Waals surface area contributed by atoms with E-state index in [-0.39, 0.29) is 0 Å². The average Bonchev–Trinajstić information content (AvgIpc) is 2.49. The van der Waals surface area contributed by atoms with Crippen LogP contribution in [0.4, 0.5) is 20.2 Å². The SMILES string of the molecule is CN(NC(=S)Nc1ccc(SC(F)F)cc1)c1ccccc1. The van der Waals surface area contributed by atoms with Gasteiger partial charge in [-0.3, -0.25) is 10.4 Å². The van der Waals surface area contributed by atoms with Gasteiger partial charge in [0.15, 0.2) is 5.11 Å². The Balaban J connectivity index is 1.89. The van der Waals surface area contributed by atoms with E-state index in [1.54, 1.807) is 29.3 Å². The van der Waals surface area contributed by atoms with Crippen LogP contribution in [-0.2, 0) is 0 Å². The van der Waals surface area contributed by atoms with Crippen molar-refractivity contribution < 1.29 is 8.78 Å². The summed E-state index contributed by atoms with van der Waals surface area (Å²) in [4.78, 5) is 0.515. The monoisotopic (exact) mass is 339 g/mol. The Morgan fingerprint density at radius 2 is 1.73 bits per heavy atom. The lowest BCUT2D eigenvalue weighted by atomic mass is 10.3. The van der Waals surface area contributed by atoms with Crippen molar-refractivity contribution in [2.75, 3.05) is 17.4 Å². The molecule has 0 bridgehead atoms. The molecule has 2 rings (SSSR count). The number of hydrazine groups is 1. The zero-order chi connectivity index (χ0) is 15.9. The summed E-state index contributed by atoms with van der Waals surface area (Å²) in [6.45, 7) is 0. The van der Waals surface area contributed by atoms with E-state index >= 15 is 0 Å². The molecule has 0 spiro atoms. The van der Waals surface area contributed by atoms with Gasteiger partial charge >= 0.3 is 0 Å². The second-order valence-electron chi connectivity index (χ2n) is 4.36. The van der Waals surface area contributed by atoms with Crippen LogP contribution in [0, 0.1) is 0 Å². The van der Waals surface area contributed by atoms with Gasteiger partial charge < -0.3 is 5.32 Å². The molecular formula is C15H15F2N3S2. The molecule has 0 aromatic heterocycles. The molecule has 0 unspecified atom stereocenters. The number of nitrogens with zero attached hydrogens (tertiary/aromatic N) is 1. The number of anilines is 2. The smallest absolute Gasteiger partial charge is 0.288 e. The highest BCUT2D eigenvalue weighted by molar-refractivity contribution is 7.99. The van der Waals surface area contributed by atoms with E-state index in [2.05, 4.69) is 10.7 Å². The number of hydrogen-bond donors (Lipinski definition) is 2. The van der Waals surface area contributed by atoms with E-state index < -0.39 is 5.76 Å². The van der Waals surface area contributed by atoms with E-state index in [4.69, 9.17) is 12.2 Å². The molecule has 2 aromatic rings. The fraction of sp³-hybridized carbons (Fsp3) is 0.133. The first-order valence-corrected chi connectivity index (χ1v) is 7.74. The number of alkyl halides is 2. The second kappa shape index (κ2) is 7.95. The Hall–Kier alpha value is -1.86. The first kappa shape index (κ1) is 16.5. The zero-order valence-electron chi connectivity index (χ0n) is 11.8. The van der Waals surface area contributed by atoms with Gasteiger partial charge in [-0.1, -0.05) is 30.0 Å². The fourth-order valence-electron chi connectivity index (χ4n) is 1.75. The Bertz CT molecular complexity index is 606. The minimum absolute atomic E-state index is 0.417. The largest absolute Gasteiger partial charge is 0.331 e. The van der Waals surface area contributed by atoms with Crippen LogP contribution in [-0.4, -0.2) is 17.9 Å². The highest BCUT2D eigenvalue weighted by Crippen LogP contribution is 2.26. The normalized spacial score (nSPS) is 10.4. The van der Waals surface area contributed by atoms with Gasteiger partial charge in [0.25, 0.3) is 5.76 Å². The van der Waals surface area contributed by atoms with Gasteiger partial charge in [0.05, 0.1) is 5.69 Å². The van der Waals surface area contributed by atoms with Gasteiger partial charge in [-0.15, -0.1) is 0 Å². The quantitative estimate of drug-likeness (QED) is 0.480. The molecule has 0 saturated carbocycles. The van der Waals surface area contributed by atoms with Crippen molar-refractivity contribution in [2.45, 2.75) is 10.7 Å². The van der Waals surface area contributed by atoms with E-state index in [0.29, 0.717) is 21.8 Å². The maximum Gasteiger partial charge on any atom is 0.288 e. The number of nitrogens with one attached hydrogen (secondary N) is 2. The number of rotatable bonds is 5. The topological polar surface area (TPSA) is 27.3 Å². The lowest BCUT2D eigenvalue weighted by Gasteiger charge is -2.22. The summed E-state index contributed by atoms with van der Waals surface area (Å²) in [5.74, 6) is -2.42. The molecule has 0 atom stereocenters. The van der Waals surface area contributed by atoms with Crippen molar-refractivity contribution in [3.05, 3.63) is 54.6 Å². The molecule has 22 heavy (non-hydrogen) atoms. The zero-order valence-corrected chi connectivity index (χ0v) is 13.4. The molecule has 0 amide bonds. The predicted molar refractivity (Wildman–Crippen MR) is 92.5 cm³/mol. The minimum atomic E-state index is -2.42. The van der Waals surface area contributed by atoms with Crippen LogP contribution in [0.3, 0.4) is 0 Å². The maximum atomic E-state index is 12.2. The third-order valence-corrected chi connectivity index (χ3v) is 3.67. The summed E-state index contributed by atoms with van der Waals surface area (Å²) in [7, 11) is 1.85. The van der Waals surface area contributed by atoms with E-state index in [1.165, 1.54) is 0 Å². The molecule has 0 radical (unpaired) electrons. The van der Waals surface area contributed by atoms with Crippen LogP contribution < -0.4 is 15.8 Å². The van der Waals surface area contributed by atoms with Crippen LogP contribution in [0.15, 0.2) is 59.5 Å². The van der Waals surface area contributed by atoms with Crippen molar-refractivity contribution in [3.63, 3.8) is 0 Å². The van der Waals surface area contributed by atoms with Crippen LogP contribution in [0.5, 0.6) is 0 Å². The summed E-state index contributed by atoms with van der Waals surface area (Å²) in [5, 5.41) is 5.21. The number of halogens is 2. The van der Waals surface area contributed by atoms with Gasteiger partial charge in [-0.2, -0.15) is 8.78 Å². The standard InChI is InChI=1S/C15H15F2N3S2/c1-20(12-5-3-2-4-6-12)19-15(21)18-11-7-9-13(10-8-11)22-14(16)17/h2-10,14H,1H3,(H2,18,19,21). The molecule has 0 aliphatic carbocycles. The maximum absolute atomic E-state index is 12.2. The number of thiocarbonyl (C=S) groups is 1. The minimum Gasteiger partial charge on any atom is -0.331 e. The van der Waals surface area contributed by atoms with Crippen LogP contribution in [0.1, 0.15) is 0 Å². The molecule has 0 saturated heterocycles. The Morgan fingerprint density at radius 1 is 1.09 bits per heavy atom. The first-order valence-electron chi connectivity index (χ1n) is 6.46. The van der Waals surface area contributed by atoms with Crippen molar-refractivity contribution in [1.29, 1.82) is 0 Å². The molecule has 3 nitrogen and oxygen atoms in total. The Labute approximate surface area is 137 Å². The lowest BCUT2D eigenvalue weighted by molar-refractivity contribution is 0.252. The molecule has 2 N–H and O–H groups in total. The lowest BCUT2D eigenvalue weighted by Crippen LogP contribution is -2.41. The molecule has 0 fully saturated rings. The molecular weight excluding hydrogens is 324 g/mol. The first-order chi connectivity index (χ1) is 10.5. The van der Waals surface area contributed by atoms with E-state index in [1.807, 2.05) is 37.4 Å². The van der Waals surface area contributed by atoms with Crippen molar-refractivity contribution in [3.8, 4) is 0 Å². The third kappa shape index (κ3) is 5.16. The summed E-state index contributed by atoms with van der Waals surface area (Å²) >= 11 is 5.74. The molecule has 116 valence electrons. The van der Waals surface area contributed by atoms with Crippen molar-refractivity contribution >= 4 is 40.5 Å². The van der Waals surface area contributed by atoms with E-state index in [9.17, 15) is 8.78 Å². The molecule has 0 heterocycles. The predicted octanol–water partition coefficient (Wildman–Crippen LogP) is 4.34. The summed E-state index contributed by atoms with van der Waals surface area (Å²) in [6.07, 6.45) is 0. The Kier molecular flexibility index (Phi) is 5.97. The van der Waals surface area contributed by atoms with Crippen molar-refractivity contribution in [1.82, 2.24) is 5.43 Å². The van der Waals surface area contributed by atoms with Gasteiger partial charge in [0.1, 0.15) is 0 Å². The Morgan fingerprint density at radius 3 is 2.32 bits per heavy atom. The number of thioether (sulfide) groups is 1.